The van der Waals surface area contributed by atoms with Gasteiger partial charge in [0.2, 0.25) is 11.8 Å². The van der Waals surface area contributed by atoms with E-state index in [1.807, 2.05) is 0 Å². The van der Waals surface area contributed by atoms with Crippen molar-refractivity contribution in [3.63, 3.8) is 0 Å². The monoisotopic (exact) mass is 182 g/mol. The van der Waals surface area contributed by atoms with Crippen molar-refractivity contribution >= 4 is 5.90 Å². The van der Waals surface area contributed by atoms with Gasteiger partial charge in [0, 0.05) is 6.92 Å². The highest BCUT2D eigenvalue weighted by molar-refractivity contribution is 5.75. The van der Waals surface area contributed by atoms with Crippen LogP contribution in [0.4, 0.5) is 0 Å². The maximum atomic E-state index is 4.81. The average Bonchev–Trinajstić information content (AvgIpc) is 2.64. The van der Waals surface area contributed by atoms with Crippen LogP contribution in [0.15, 0.2) is 17.6 Å². The average molecular weight is 182 g/mol. The Hall–Kier alpha value is -1.92. The van der Waals surface area contributed by atoms with Crippen LogP contribution in [-0.4, -0.2) is 26.5 Å². The van der Waals surface area contributed by atoms with Crippen molar-refractivity contribution in [1.82, 2.24) is 26.0 Å². The van der Waals surface area contributed by atoms with Crippen LogP contribution in [0.3, 0.4) is 0 Å². The van der Waals surface area contributed by atoms with Crippen molar-refractivity contribution in [1.29, 1.82) is 0 Å². The third-order valence-electron chi connectivity index (χ3n) is 1.06. The molecule has 1 aliphatic heterocycles. The lowest BCUT2D eigenvalue weighted by atomic mass is 10.8. The van der Waals surface area contributed by atoms with Gasteiger partial charge in [0.1, 0.15) is 0 Å². The van der Waals surface area contributed by atoms with Crippen LogP contribution in [0.5, 0.6) is 0 Å². The number of aryl methyl sites for hydroxylation is 1. The molecule has 2 rings (SSSR count). The van der Waals surface area contributed by atoms with E-state index in [-0.39, 0.29) is 0 Å². The van der Waals surface area contributed by atoms with E-state index >= 15 is 0 Å². The SMILES string of the molecule is C=C1NN=C(C)O1.Cc1nn[nH]n1. The zero-order valence-electron chi connectivity index (χ0n) is 7.40. The van der Waals surface area contributed by atoms with E-state index in [2.05, 4.69) is 37.7 Å². The van der Waals surface area contributed by atoms with Crippen LogP contribution < -0.4 is 5.43 Å². The summed E-state index contributed by atoms with van der Waals surface area (Å²) in [4.78, 5) is 0. The summed E-state index contributed by atoms with van der Waals surface area (Å²) in [5, 5.41) is 16.4. The highest BCUT2D eigenvalue weighted by atomic mass is 16.5. The molecule has 13 heavy (non-hydrogen) atoms. The second kappa shape index (κ2) is 4.19. The molecule has 0 spiro atoms. The first-order chi connectivity index (χ1) is 6.18. The molecule has 0 saturated carbocycles. The lowest BCUT2D eigenvalue weighted by Gasteiger charge is -1.89. The lowest BCUT2D eigenvalue weighted by molar-refractivity contribution is 0.416. The molecule has 0 amide bonds. The van der Waals surface area contributed by atoms with E-state index in [0.29, 0.717) is 17.6 Å². The van der Waals surface area contributed by atoms with E-state index < -0.39 is 0 Å². The molecule has 0 fully saturated rings. The maximum absolute atomic E-state index is 4.81. The molecule has 70 valence electrons. The second-order valence-corrected chi connectivity index (χ2v) is 2.23. The van der Waals surface area contributed by atoms with Crippen molar-refractivity contribution in [3.05, 3.63) is 18.3 Å². The molecule has 1 aromatic heterocycles. The Balaban J connectivity index is 0.000000132. The van der Waals surface area contributed by atoms with Gasteiger partial charge in [-0.1, -0.05) is 5.21 Å². The summed E-state index contributed by atoms with van der Waals surface area (Å²) >= 11 is 0. The lowest BCUT2D eigenvalue weighted by Crippen LogP contribution is -1.95. The number of hydrazone groups is 1. The number of aromatic amines is 1. The predicted octanol–water partition coefficient (Wildman–Crippen LogP) is -0.0811. The molecule has 0 saturated heterocycles. The summed E-state index contributed by atoms with van der Waals surface area (Å²) in [6.45, 7) is 6.98. The highest BCUT2D eigenvalue weighted by Crippen LogP contribution is 1.96. The quantitative estimate of drug-likeness (QED) is 0.585. The molecule has 7 nitrogen and oxygen atoms in total. The number of nitrogens with zero attached hydrogens (tertiary/aromatic N) is 4. The molecule has 0 atom stereocenters. The standard InChI is InChI=1S/C4H6N2O.C2H4N4/c1-3-5-6-4(2)7-3;1-2-3-5-6-4-2/h5H,1H2,2H3;1H3,(H,3,4,5,6). The predicted molar refractivity (Wildman–Crippen MR) is 45.4 cm³/mol. The van der Waals surface area contributed by atoms with Crippen LogP contribution in [0.25, 0.3) is 0 Å². The number of hydrogen-bond donors (Lipinski definition) is 2. The minimum Gasteiger partial charge on any atom is -0.425 e. The fraction of sp³-hybridized carbons (Fsp3) is 0.333. The summed E-state index contributed by atoms with van der Waals surface area (Å²) < 4.78 is 4.81. The van der Waals surface area contributed by atoms with Crippen LogP contribution >= 0.6 is 0 Å². The van der Waals surface area contributed by atoms with Gasteiger partial charge in [-0.3, -0.25) is 0 Å². The molecule has 1 aromatic rings. The fourth-order valence-electron chi connectivity index (χ4n) is 0.577. The van der Waals surface area contributed by atoms with Crippen molar-refractivity contribution in [2.75, 3.05) is 0 Å². The third kappa shape index (κ3) is 3.32. The molecule has 0 aromatic carbocycles. The summed E-state index contributed by atoms with van der Waals surface area (Å²) in [5.41, 5.74) is 2.54. The number of H-pyrrole nitrogens is 1. The minimum atomic E-state index is 0.498. The van der Waals surface area contributed by atoms with Gasteiger partial charge >= 0.3 is 0 Å². The van der Waals surface area contributed by atoms with Crippen molar-refractivity contribution in [2.45, 2.75) is 13.8 Å². The largest absolute Gasteiger partial charge is 0.425 e. The molecule has 0 aliphatic carbocycles. The molecule has 0 bridgehead atoms. The molecule has 2 N–H and O–H groups in total. The van der Waals surface area contributed by atoms with Crippen molar-refractivity contribution in [2.24, 2.45) is 5.10 Å². The molecule has 7 heteroatoms. The Morgan fingerprint density at radius 1 is 1.38 bits per heavy atom. The Morgan fingerprint density at radius 2 is 2.15 bits per heavy atom. The van der Waals surface area contributed by atoms with Crippen LogP contribution in [0, 0.1) is 6.92 Å². The van der Waals surface area contributed by atoms with Gasteiger partial charge < -0.3 is 4.74 Å². The Labute approximate surface area is 74.9 Å². The summed E-state index contributed by atoms with van der Waals surface area (Å²) in [6.07, 6.45) is 0. The van der Waals surface area contributed by atoms with E-state index in [0.717, 1.165) is 0 Å². The number of rotatable bonds is 0. The first-order valence-electron chi connectivity index (χ1n) is 3.55. The van der Waals surface area contributed by atoms with Gasteiger partial charge in [0.15, 0.2) is 5.82 Å². The third-order valence-corrected chi connectivity index (χ3v) is 1.06. The highest BCUT2D eigenvalue weighted by Gasteiger charge is 2.02. The van der Waals surface area contributed by atoms with Gasteiger partial charge in [-0.05, 0) is 13.5 Å². The summed E-state index contributed by atoms with van der Waals surface area (Å²) in [5.74, 6) is 1.79. The zero-order valence-corrected chi connectivity index (χ0v) is 7.40. The van der Waals surface area contributed by atoms with Gasteiger partial charge in [-0.2, -0.15) is 5.21 Å². The number of ether oxygens (including phenoxy) is 1. The maximum Gasteiger partial charge on any atom is 0.211 e. The Morgan fingerprint density at radius 3 is 2.31 bits per heavy atom. The first-order valence-corrected chi connectivity index (χ1v) is 3.55. The number of tetrazole rings is 1. The van der Waals surface area contributed by atoms with E-state index in [1.54, 1.807) is 13.8 Å². The number of hydrogen-bond acceptors (Lipinski definition) is 6. The number of nitrogens with one attached hydrogen (secondary N) is 2. The zero-order chi connectivity index (χ0) is 9.68. The molecule has 1 aliphatic rings. The van der Waals surface area contributed by atoms with Gasteiger partial charge in [-0.15, -0.1) is 15.3 Å². The van der Waals surface area contributed by atoms with Gasteiger partial charge in [-0.25, -0.2) is 5.43 Å². The molecule has 0 radical (unpaired) electrons. The van der Waals surface area contributed by atoms with Crippen molar-refractivity contribution in [3.8, 4) is 0 Å². The second-order valence-electron chi connectivity index (χ2n) is 2.23. The topological polar surface area (TPSA) is 88.1 Å². The van der Waals surface area contributed by atoms with Crippen LogP contribution in [0.2, 0.25) is 0 Å². The Kier molecular flexibility index (Phi) is 2.96. The number of aromatic nitrogens is 4. The molecule has 0 unspecified atom stereocenters. The smallest absolute Gasteiger partial charge is 0.211 e. The van der Waals surface area contributed by atoms with Gasteiger partial charge in [0.05, 0.1) is 0 Å². The normalized spacial score (nSPS) is 13.7. The van der Waals surface area contributed by atoms with Gasteiger partial charge in [0.25, 0.3) is 0 Å². The van der Waals surface area contributed by atoms with E-state index in [9.17, 15) is 0 Å². The van der Waals surface area contributed by atoms with E-state index in [1.165, 1.54) is 0 Å². The molecular weight excluding hydrogens is 172 g/mol. The van der Waals surface area contributed by atoms with Crippen molar-refractivity contribution < 1.29 is 4.74 Å². The Bertz CT molecular complexity index is 303. The fourth-order valence-corrected chi connectivity index (χ4v) is 0.577. The van der Waals surface area contributed by atoms with Crippen LogP contribution in [0.1, 0.15) is 12.7 Å². The molecule has 2 heterocycles. The summed E-state index contributed by atoms with van der Waals surface area (Å²) in [6, 6.07) is 0. The molecular formula is C6H10N6O. The summed E-state index contributed by atoms with van der Waals surface area (Å²) in [7, 11) is 0. The van der Waals surface area contributed by atoms with E-state index in [4.69, 9.17) is 4.74 Å². The first kappa shape index (κ1) is 9.17. The minimum absolute atomic E-state index is 0.498. The van der Waals surface area contributed by atoms with Crippen LogP contribution in [-0.2, 0) is 4.74 Å².